The van der Waals surface area contributed by atoms with Crippen LogP contribution in [-0.2, 0) is 11.3 Å². The van der Waals surface area contributed by atoms with E-state index in [0.717, 1.165) is 31.1 Å². The van der Waals surface area contributed by atoms with Crippen LogP contribution in [0.2, 0.25) is 5.02 Å². The fraction of sp³-hybridized carbons (Fsp3) is 0.500. The van der Waals surface area contributed by atoms with Crippen LogP contribution in [0.15, 0.2) is 18.2 Å². The van der Waals surface area contributed by atoms with Crippen LogP contribution in [-0.4, -0.2) is 32.1 Å². The predicted octanol–water partition coefficient (Wildman–Crippen LogP) is 1.77. The molecule has 0 aliphatic carbocycles. The van der Waals surface area contributed by atoms with Gasteiger partial charge in [0.1, 0.15) is 0 Å². The molecular formula is C14H20ClN3O. The minimum absolute atomic E-state index is 0.0402. The normalized spacial score (nSPS) is 18.7. The quantitative estimate of drug-likeness (QED) is 0.884. The van der Waals surface area contributed by atoms with Crippen molar-refractivity contribution >= 4 is 23.2 Å². The lowest BCUT2D eigenvalue weighted by Crippen LogP contribution is -2.35. The van der Waals surface area contributed by atoms with Crippen molar-refractivity contribution in [2.45, 2.75) is 25.9 Å². The van der Waals surface area contributed by atoms with Gasteiger partial charge in [-0.15, -0.1) is 0 Å². The zero-order valence-electron chi connectivity index (χ0n) is 11.4. The van der Waals surface area contributed by atoms with Crippen molar-refractivity contribution in [2.75, 3.05) is 25.0 Å². The number of benzene rings is 1. The van der Waals surface area contributed by atoms with Gasteiger partial charge < -0.3 is 15.5 Å². The van der Waals surface area contributed by atoms with E-state index in [1.807, 2.05) is 19.2 Å². The van der Waals surface area contributed by atoms with Gasteiger partial charge in [-0.1, -0.05) is 11.6 Å². The van der Waals surface area contributed by atoms with Crippen LogP contribution in [0.4, 0.5) is 5.69 Å². The maximum Gasteiger partial charge on any atom is 0.217 e. The van der Waals surface area contributed by atoms with Crippen LogP contribution >= 0.6 is 11.6 Å². The molecule has 1 aliphatic rings. The molecule has 2 N–H and O–H groups in total. The average Bonchev–Trinajstić information content (AvgIpc) is 2.77. The molecule has 104 valence electrons. The van der Waals surface area contributed by atoms with Crippen LogP contribution in [0.5, 0.6) is 0 Å². The summed E-state index contributed by atoms with van der Waals surface area (Å²) in [5.41, 5.74) is 2.39. The van der Waals surface area contributed by atoms with E-state index < -0.39 is 0 Å². The van der Waals surface area contributed by atoms with E-state index in [1.54, 1.807) is 6.92 Å². The lowest BCUT2D eigenvalue weighted by molar-refractivity contribution is -0.119. The molecule has 5 heteroatoms. The van der Waals surface area contributed by atoms with Gasteiger partial charge in [0.15, 0.2) is 0 Å². The van der Waals surface area contributed by atoms with Crippen LogP contribution in [0.1, 0.15) is 18.9 Å². The van der Waals surface area contributed by atoms with Crippen molar-refractivity contribution in [3.8, 4) is 0 Å². The van der Waals surface area contributed by atoms with Gasteiger partial charge in [0.25, 0.3) is 0 Å². The molecule has 1 heterocycles. The van der Waals surface area contributed by atoms with E-state index in [1.165, 1.54) is 11.3 Å². The molecule has 1 amide bonds. The number of rotatable bonds is 4. The zero-order valence-corrected chi connectivity index (χ0v) is 12.1. The van der Waals surface area contributed by atoms with Crippen LogP contribution in [0, 0.1) is 0 Å². The lowest BCUT2D eigenvalue weighted by atomic mass is 10.1. The first-order valence-electron chi connectivity index (χ1n) is 6.55. The number of nitrogens with zero attached hydrogens (tertiary/aromatic N) is 1. The summed E-state index contributed by atoms with van der Waals surface area (Å²) in [5, 5.41) is 6.90. The molecule has 0 spiro atoms. The summed E-state index contributed by atoms with van der Waals surface area (Å²) in [6.45, 7) is 4.18. The van der Waals surface area contributed by atoms with E-state index in [4.69, 9.17) is 11.6 Å². The summed E-state index contributed by atoms with van der Waals surface area (Å²) in [6, 6.07) is 6.22. The second-order valence-corrected chi connectivity index (χ2v) is 5.37. The molecule has 1 aromatic carbocycles. The van der Waals surface area contributed by atoms with E-state index >= 15 is 0 Å². The average molecular weight is 282 g/mol. The summed E-state index contributed by atoms with van der Waals surface area (Å²) in [7, 11) is 1.93. The molecule has 1 unspecified atom stereocenters. The first kappa shape index (κ1) is 14.2. The van der Waals surface area contributed by atoms with Gasteiger partial charge in [-0.05, 0) is 37.2 Å². The standard InChI is InChI=1S/C14H20ClN3O/c1-10(19)17-13-5-6-18(9-13)14-4-3-12(15)7-11(14)8-16-2/h3-4,7,13,16H,5-6,8-9H2,1-2H3,(H,17,19). The van der Waals surface area contributed by atoms with Gasteiger partial charge in [-0.25, -0.2) is 0 Å². The molecule has 4 nitrogen and oxygen atoms in total. The highest BCUT2D eigenvalue weighted by atomic mass is 35.5. The second kappa shape index (κ2) is 6.26. The number of carbonyl (C=O) groups is 1. The number of halogens is 1. The van der Waals surface area contributed by atoms with E-state index in [2.05, 4.69) is 21.6 Å². The van der Waals surface area contributed by atoms with Crippen molar-refractivity contribution in [3.63, 3.8) is 0 Å². The summed E-state index contributed by atoms with van der Waals surface area (Å²) in [6.07, 6.45) is 0.987. The second-order valence-electron chi connectivity index (χ2n) is 4.94. The van der Waals surface area contributed by atoms with Gasteiger partial charge in [-0.2, -0.15) is 0 Å². The predicted molar refractivity (Wildman–Crippen MR) is 78.7 cm³/mol. The highest BCUT2D eigenvalue weighted by molar-refractivity contribution is 6.30. The maximum absolute atomic E-state index is 11.1. The summed E-state index contributed by atoms with van der Waals surface area (Å²) in [4.78, 5) is 13.4. The zero-order chi connectivity index (χ0) is 13.8. The lowest BCUT2D eigenvalue weighted by Gasteiger charge is -2.22. The van der Waals surface area contributed by atoms with Crippen molar-refractivity contribution < 1.29 is 4.79 Å². The molecule has 1 atom stereocenters. The number of anilines is 1. The summed E-state index contributed by atoms with van der Waals surface area (Å²) >= 11 is 6.05. The Bertz CT molecular complexity index is 464. The Morgan fingerprint density at radius 3 is 3.00 bits per heavy atom. The van der Waals surface area contributed by atoms with Gasteiger partial charge in [0.05, 0.1) is 0 Å². The van der Waals surface area contributed by atoms with E-state index in [9.17, 15) is 4.79 Å². The molecule has 0 radical (unpaired) electrons. The third-order valence-corrected chi connectivity index (χ3v) is 3.58. The number of hydrogen-bond acceptors (Lipinski definition) is 3. The minimum atomic E-state index is 0.0402. The van der Waals surface area contributed by atoms with Crippen molar-refractivity contribution in [1.82, 2.24) is 10.6 Å². The SMILES string of the molecule is CNCc1cc(Cl)ccc1N1CCC(NC(C)=O)C1. The van der Waals surface area contributed by atoms with Crippen molar-refractivity contribution in [3.05, 3.63) is 28.8 Å². The van der Waals surface area contributed by atoms with Crippen LogP contribution in [0.3, 0.4) is 0 Å². The fourth-order valence-electron chi connectivity index (χ4n) is 2.58. The molecule has 19 heavy (non-hydrogen) atoms. The monoisotopic (exact) mass is 281 g/mol. The molecule has 0 aromatic heterocycles. The summed E-state index contributed by atoms with van der Waals surface area (Å²) in [5.74, 6) is 0.0402. The molecule has 1 saturated heterocycles. The smallest absolute Gasteiger partial charge is 0.217 e. The molecule has 0 saturated carbocycles. The Kier molecular flexibility index (Phi) is 4.66. The number of nitrogens with one attached hydrogen (secondary N) is 2. The van der Waals surface area contributed by atoms with Gasteiger partial charge in [-0.3, -0.25) is 4.79 Å². The number of carbonyl (C=O) groups excluding carboxylic acids is 1. The Labute approximate surface area is 119 Å². The Hall–Kier alpha value is -1.26. The molecule has 0 bridgehead atoms. The molecule has 2 rings (SSSR count). The highest BCUT2D eigenvalue weighted by Gasteiger charge is 2.24. The third kappa shape index (κ3) is 3.61. The van der Waals surface area contributed by atoms with Gasteiger partial charge in [0, 0.05) is 43.3 Å². The first-order chi connectivity index (χ1) is 9.10. The van der Waals surface area contributed by atoms with Crippen molar-refractivity contribution in [1.29, 1.82) is 0 Å². The van der Waals surface area contributed by atoms with E-state index in [-0.39, 0.29) is 11.9 Å². The fourth-order valence-corrected chi connectivity index (χ4v) is 2.77. The first-order valence-corrected chi connectivity index (χ1v) is 6.93. The number of hydrogen-bond donors (Lipinski definition) is 2. The Balaban J connectivity index is 2.12. The molecular weight excluding hydrogens is 262 g/mol. The number of amides is 1. The Morgan fingerprint density at radius 1 is 1.53 bits per heavy atom. The van der Waals surface area contributed by atoms with E-state index in [0.29, 0.717) is 0 Å². The molecule has 1 aliphatic heterocycles. The van der Waals surface area contributed by atoms with Crippen molar-refractivity contribution in [2.24, 2.45) is 0 Å². The van der Waals surface area contributed by atoms with Crippen LogP contribution < -0.4 is 15.5 Å². The van der Waals surface area contributed by atoms with Gasteiger partial charge in [0.2, 0.25) is 5.91 Å². The van der Waals surface area contributed by atoms with Gasteiger partial charge >= 0.3 is 0 Å². The minimum Gasteiger partial charge on any atom is -0.369 e. The third-order valence-electron chi connectivity index (χ3n) is 3.35. The molecule has 1 aromatic rings. The summed E-state index contributed by atoms with van der Waals surface area (Å²) < 4.78 is 0. The van der Waals surface area contributed by atoms with Crippen LogP contribution in [0.25, 0.3) is 0 Å². The maximum atomic E-state index is 11.1. The Morgan fingerprint density at radius 2 is 2.32 bits per heavy atom. The largest absolute Gasteiger partial charge is 0.369 e. The molecule has 1 fully saturated rings. The highest BCUT2D eigenvalue weighted by Crippen LogP contribution is 2.27. The topological polar surface area (TPSA) is 44.4 Å².